The third-order valence-electron chi connectivity index (χ3n) is 3.31. The molecule has 0 unspecified atom stereocenters. The summed E-state index contributed by atoms with van der Waals surface area (Å²) in [6, 6.07) is 13.8. The van der Waals surface area contributed by atoms with Crippen molar-refractivity contribution < 1.29 is 14.3 Å². The Morgan fingerprint density at radius 3 is 2.48 bits per heavy atom. The van der Waals surface area contributed by atoms with Gasteiger partial charge < -0.3 is 5.11 Å². The zero-order valence-electron chi connectivity index (χ0n) is 11.9. The van der Waals surface area contributed by atoms with Gasteiger partial charge in [-0.1, -0.05) is 48.5 Å². The van der Waals surface area contributed by atoms with Crippen LogP contribution in [-0.4, -0.2) is 26.5 Å². The van der Waals surface area contributed by atoms with Gasteiger partial charge in [-0.05, 0) is 23.3 Å². The minimum Gasteiger partial charge on any atom is -0.476 e. The molecule has 2 aromatic carbocycles. The summed E-state index contributed by atoms with van der Waals surface area (Å²) in [5.74, 6) is -1.42. The smallest absolute Gasteiger partial charge is 0.358 e. The highest BCUT2D eigenvalue weighted by Crippen LogP contribution is 2.23. The maximum atomic E-state index is 13.7. The lowest BCUT2D eigenvalue weighted by molar-refractivity contribution is 0.0690. The van der Waals surface area contributed by atoms with Crippen LogP contribution in [0.3, 0.4) is 0 Å². The van der Waals surface area contributed by atoms with Gasteiger partial charge >= 0.3 is 5.97 Å². The molecule has 0 saturated carbocycles. The van der Waals surface area contributed by atoms with Crippen LogP contribution in [-0.2, 0) is 0 Å². The Bertz CT molecular complexity index is 870. The average Bonchev–Trinajstić information content (AvgIpc) is 3.03. The Balaban J connectivity index is 1.83. The van der Waals surface area contributed by atoms with E-state index >= 15 is 0 Å². The van der Waals surface area contributed by atoms with E-state index in [9.17, 15) is 9.18 Å². The number of carboxylic acid groups (broad SMARTS) is 1. The van der Waals surface area contributed by atoms with E-state index in [1.54, 1.807) is 42.5 Å². The summed E-state index contributed by atoms with van der Waals surface area (Å²) in [5.41, 5.74) is 2.25. The molecule has 0 atom stereocenters. The highest BCUT2D eigenvalue weighted by molar-refractivity contribution is 5.90. The summed E-state index contributed by atoms with van der Waals surface area (Å²) in [4.78, 5) is 10.9. The topological polar surface area (TPSA) is 78.9 Å². The summed E-state index contributed by atoms with van der Waals surface area (Å²) < 4.78 is 13.7. The quantitative estimate of drug-likeness (QED) is 0.773. The van der Waals surface area contributed by atoms with Gasteiger partial charge in [0.05, 0.1) is 0 Å². The second-order valence-electron chi connectivity index (χ2n) is 4.80. The summed E-state index contributed by atoms with van der Waals surface area (Å²) in [7, 11) is 0. The first-order valence-electron chi connectivity index (χ1n) is 6.82. The predicted molar refractivity (Wildman–Crippen MR) is 84.1 cm³/mol. The highest BCUT2D eigenvalue weighted by atomic mass is 19.1. The van der Waals surface area contributed by atoms with Gasteiger partial charge in [0.15, 0.2) is 5.69 Å². The minimum absolute atomic E-state index is 0.135. The van der Waals surface area contributed by atoms with Crippen molar-refractivity contribution in [2.24, 2.45) is 0 Å². The maximum absolute atomic E-state index is 13.7. The van der Waals surface area contributed by atoms with E-state index < -0.39 is 5.97 Å². The SMILES string of the molecule is O=C(O)c1n[nH]nc1/C=C/c1ccc(-c2ccccc2F)cc1. The number of nitrogens with zero attached hydrogens (tertiary/aromatic N) is 2. The molecule has 1 heterocycles. The lowest BCUT2D eigenvalue weighted by Crippen LogP contribution is -1.98. The highest BCUT2D eigenvalue weighted by Gasteiger charge is 2.12. The van der Waals surface area contributed by atoms with Gasteiger partial charge in [-0.3, -0.25) is 0 Å². The number of carbonyl (C=O) groups is 1. The number of rotatable bonds is 4. The minimum atomic E-state index is -1.15. The molecule has 2 N–H and O–H groups in total. The Kier molecular flexibility index (Phi) is 3.97. The molecule has 3 rings (SSSR count). The summed E-state index contributed by atoms with van der Waals surface area (Å²) in [5, 5.41) is 18.6. The molecule has 0 saturated heterocycles. The number of aromatic nitrogens is 3. The van der Waals surface area contributed by atoms with E-state index in [2.05, 4.69) is 15.4 Å². The molecule has 0 fully saturated rings. The van der Waals surface area contributed by atoms with Crippen molar-refractivity contribution in [2.75, 3.05) is 0 Å². The third kappa shape index (κ3) is 3.16. The molecule has 5 nitrogen and oxygen atoms in total. The number of hydrogen-bond donors (Lipinski definition) is 2. The fourth-order valence-electron chi connectivity index (χ4n) is 2.16. The molecule has 0 amide bonds. The van der Waals surface area contributed by atoms with Gasteiger partial charge in [0, 0.05) is 5.56 Å². The molecule has 0 radical (unpaired) electrons. The maximum Gasteiger partial charge on any atom is 0.358 e. The van der Waals surface area contributed by atoms with E-state index in [-0.39, 0.29) is 17.2 Å². The second-order valence-corrected chi connectivity index (χ2v) is 4.80. The van der Waals surface area contributed by atoms with Crippen LogP contribution >= 0.6 is 0 Å². The van der Waals surface area contributed by atoms with E-state index in [4.69, 9.17) is 5.11 Å². The summed E-state index contributed by atoms with van der Waals surface area (Å²) in [6.45, 7) is 0. The fraction of sp³-hybridized carbons (Fsp3) is 0. The molecule has 3 aromatic rings. The van der Waals surface area contributed by atoms with Gasteiger partial charge in [-0.15, -0.1) is 5.10 Å². The molecule has 23 heavy (non-hydrogen) atoms. The molecule has 114 valence electrons. The predicted octanol–water partition coefficient (Wildman–Crippen LogP) is 3.48. The molecule has 1 aromatic heterocycles. The third-order valence-corrected chi connectivity index (χ3v) is 3.31. The van der Waals surface area contributed by atoms with Crippen molar-refractivity contribution in [3.8, 4) is 11.1 Å². The number of hydrogen-bond acceptors (Lipinski definition) is 3. The largest absolute Gasteiger partial charge is 0.476 e. The van der Waals surface area contributed by atoms with Gasteiger partial charge in [0.25, 0.3) is 0 Å². The molecule has 0 bridgehead atoms. The van der Waals surface area contributed by atoms with Crippen molar-refractivity contribution in [1.29, 1.82) is 0 Å². The fourth-order valence-corrected chi connectivity index (χ4v) is 2.16. The molecule has 0 aliphatic rings. The van der Waals surface area contributed by atoms with Crippen LogP contribution in [0.4, 0.5) is 4.39 Å². The van der Waals surface area contributed by atoms with Crippen LogP contribution in [0.2, 0.25) is 0 Å². The van der Waals surface area contributed by atoms with E-state index in [0.717, 1.165) is 11.1 Å². The van der Waals surface area contributed by atoms with Gasteiger partial charge in [-0.2, -0.15) is 10.3 Å². The number of aromatic amines is 1. The number of aromatic carboxylic acids is 1. The second kappa shape index (κ2) is 6.23. The Morgan fingerprint density at radius 1 is 1.04 bits per heavy atom. The van der Waals surface area contributed by atoms with Crippen molar-refractivity contribution in [3.05, 3.63) is 71.3 Å². The number of carboxylic acids is 1. The molecule has 6 heteroatoms. The normalized spacial score (nSPS) is 11.0. The number of halogens is 1. The van der Waals surface area contributed by atoms with Crippen molar-refractivity contribution in [1.82, 2.24) is 15.4 Å². The lowest BCUT2D eigenvalue weighted by Gasteiger charge is -2.03. The Labute approximate surface area is 131 Å². The lowest BCUT2D eigenvalue weighted by atomic mass is 10.0. The molecule has 0 aliphatic carbocycles. The Hall–Kier alpha value is -3.28. The molecular weight excluding hydrogens is 297 g/mol. The van der Waals surface area contributed by atoms with Crippen LogP contribution in [0.25, 0.3) is 23.3 Å². The molecular formula is C17H12FN3O2. The summed E-state index contributed by atoms with van der Waals surface area (Å²) >= 11 is 0. The number of H-pyrrole nitrogens is 1. The molecule has 0 aliphatic heterocycles. The van der Waals surface area contributed by atoms with E-state index in [0.29, 0.717) is 5.56 Å². The van der Waals surface area contributed by atoms with Crippen LogP contribution in [0.15, 0.2) is 48.5 Å². The molecule has 0 spiro atoms. The summed E-state index contributed by atoms with van der Waals surface area (Å²) in [6.07, 6.45) is 3.28. The van der Waals surface area contributed by atoms with Gasteiger partial charge in [-0.25, -0.2) is 9.18 Å². The van der Waals surface area contributed by atoms with E-state index in [1.165, 1.54) is 6.07 Å². The van der Waals surface area contributed by atoms with Crippen LogP contribution in [0.1, 0.15) is 21.7 Å². The van der Waals surface area contributed by atoms with Gasteiger partial charge in [0.2, 0.25) is 0 Å². The first kappa shape index (κ1) is 14.6. The zero-order valence-corrected chi connectivity index (χ0v) is 11.9. The van der Waals surface area contributed by atoms with Crippen LogP contribution in [0, 0.1) is 5.82 Å². The standard InChI is InChI=1S/C17H12FN3O2/c18-14-4-2-1-3-13(14)12-8-5-11(6-9-12)7-10-15-16(17(22)23)20-21-19-15/h1-10H,(H,22,23)(H,19,20,21)/b10-7+. The van der Waals surface area contributed by atoms with Crippen molar-refractivity contribution in [3.63, 3.8) is 0 Å². The monoisotopic (exact) mass is 309 g/mol. The average molecular weight is 309 g/mol. The van der Waals surface area contributed by atoms with Crippen LogP contribution < -0.4 is 0 Å². The van der Waals surface area contributed by atoms with Gasteiger partial charge in [0.1, 0.15) is 11.5 Å². The van der Waals surface area contributed by atoms with E-state index in [1.807, 2.05) is 12.1 Å². The van der Waals surface area contributed by atoms with Crippen LogP contribution in [0.5, 0.6) is 0 Å². The van der Waals surface area contributed by atoms with Crippen molar-refractivity contribution in [2.45, 2.75) is 0 Å². The Morgan fingerprint density at radius 2 is 1.78 bits per heavy atom. The first-order valence-corrected chi connectivity index (χ1v) is 6.82. The van der Waals surface area contributed by atoms with Crippen molar-refractivity contribution >= 4 is 18.1 Å². The first-order chi connectivity index (χ1) is 11.1. The zero-order chi connectivity index (χ0) is 16.2. The number of nitrogens with one attached hydrogen (secondary N) is 1. The number of benzene rings is 2.